The second-order valence-electron chi connectivity index (χ2n) is 8.34. The van der Waals surface area contributed by atoms with Crippen molar-refractivity contribution >= 4 is 41.6 Å². The van der Waals surface area contributed by atoms with Crippen molar-refractivity contribution in [3.63, 3.8) is 0 Å². The maximum atomic E-state index is 12.0. The molecule has 0 aliphatic carbocycles. The zero-order chi connectivity index (χ0) is 29.8. The van der Waals surface area contributed by atoms with E-state index in [2.05, 4.69) is 5.32 Å². The first-order valence-corrected chi connectivity index (χ1v) is 12.0. The first-order valence-electron chi connectivity index (χ1n) is 12.0. The lowest BCUT2D eigenvalue weighted by atomic mass is 9.98. The van der Waals surface area contributed by atoms with Gasteiger partial charge in [0.15, 0.2) is 24.6 Å². The summed E-state index contributed by atoms with van der Waals surface area (Å²) < 4.78 is 42.2. The molecule has 1 amide bonds. The lowest BCUT2D eigenvalue weighted by molar-refractivity contribution is -0.308. The maximum absolute atomic E-state index is 12.0. The van der Waals surface area contributed by atoms with E-state index in [1.165, 1.54) is 31.2 Å². The van der Waals surface area contributed by atoms with E-state index in [0.717, 1.165) is 27.7 Å². The normalized spacial score (nSPS) is 21.8. The van der Waals surface area contributed by atoms with Gasteiger partial charge in [-0.25, -0.2) is 4.79 Å². The molecule has 1 heterocycles. The van der Waals surface area contributed by atoms with Crippen LogP contribution in [0.3, 0.4) is 0 Å². The van der Waals surface area contributed by atoms with Crippen LogP contribution in [0.2, 0.25) is 0 Å². The van der Waals surface area contributed by atoms with Crippen molar-refractivity contribution in [1.82, 2.24) is 0 Å². The Kier molecular flexibility index (Phi) is 12.3. The van der Waals surface area contributed by atoms with Crippen LogP contribution >= 0.6 is 0 Å². The second kappa shape index (κ2) is 15.4. The molecule has 15 heteroatoms. The number of amides is 1. The molecule has 220 valence electrons. The molecule has 15 nitrogen and oxygen atoms in total. The molecule has 1 aliphatic rings. The topological polar surface area (TPSA) is 188 Å². The Morgan fingerprint density at radius 1 is 0.725 bits per heavy atom. The average Bonchev–Trinajstić information content (AvgIpc) is 2.84. The Balaban J connectivity index is 2.07. The van der Waals surface area contributed by atoms with Gasteiger partial charge in [-0.05, 0) is 24.3 Å². The van der Waals surface area contributed by atoms with E-state index in [4.69, 9.17) is 37.9 Å². The van der Waals surface area contributed by atoms with E-state index in [0.29, 0.717) is 5.69 Å². The zero-order valence-electron chi connectivity index (χ0n) is 22.5. The van der Waals surface area contributed by atoms with Crippen LogP contribution in [0.5, 0.6) is 5.75 Å². The van der Waals surface area contributed by atoms with Crippen molar-refractivity contribution in [2.75, 3.05) is 25.1 Å². The molecular weight excluding hydrogens is 538 g/mol. The number of carbonyl (C=O) groups excluding carboxylic acids is 6. The van der Waals surface area contributed by atoms with Crippen LogP contribution in [0.15, 0.2) is 24.3 Å². The highest BCUT2D eigenvalue weighted by Crippen LogP contribution is 2.30. The van der Waals surface area contributed by atoms with Crippen LogP contribution in [0.25, 0.3) is 0 Å². The van der Waals surface area contributed by atoms with Gasteiger partial charge < -0.3 is 43.2 Å². The van der Waals surface area contributed by atoms with Gasteiger partial charge in [0.05, 0.1) is 6.61 Å². The largest absolute Gasteiger partial charge is 0.513 e. The van der Waals surface area contributed by atoms with Gasteiger partial charge in [-0.1, -0.05) is 0 Å². The summed E-state index contributed by atoms with van der Waals surface area (Å²) in [6.07, 6.45) is -7.78. The molecule has 5 atom stereocenters. The van der Waals surface area contributed by atoms with Crippen LogP contribution in [-0.2, 0) is 57.1 Å². The lowest BCUT2D eigenvalue weighted by Gasteiger charge is -2.44. The predicted molar refractivity (Wildman–Crippen MR) is 131 cm³/mol. The van der Waals surface area contributed by atoms with Crippen molar-refractivity contribution in [3.05, 3.63) is 24.3 Å². The molecule has 1 aromatic carbocycles. The zero-order valence-corrected chi connectivity index (χ0v) is 22.5. The summed E-state index contributed by atoms with van der Waals surface area (Å²) in [6.45, 7) is 4.73. The molecular formula is C25H31NO14. The van der Waals surface area contributed by atoms with Gasteiger partial charge in [-0.3, -0.25) is 24.0 Å². The molecule has 0 bridgehead atoms. The Bertz CT molecular complexity index is 1070. The van der Waals surface area contributed by atoms with E-state index < -0.39 is 67.3 Å². The molecule has 1 saturated heterocycles. The van der Waals surface area contributed by atoms with E-state index in [-0.39, 0.29) is 24.9 Å². The van der Waals surface area contributed by atoms with Crippen LogP contribution in [0.4, 0.5) is 10.5 Å². The van der Waals surface area contributed by atoms with Crippen molar-refractivity contribution in [3.8, 4) is 5.75 Å². The summed E-state index contributed by atoms with van der Waals surface area (Å²) in [5, 5.41) is 2.57. The third kappa shape index (κ3) is 10.9. The van der Waals surface area contributed by atoms with Crippen LogP contribution in [0.1, 0.15) is 34.6 Å². The smallest absolute Gasteiger partial charge is 0.463 e. The molecule has 0 spiro atoms. The third-order valence-electron chi connectivity index (χ3n) is 4.91. The first-order chi connectivity index (χ1) is 18.8. The van der Waals surface area contributed by atoms with Gasteiger partial charge in [0.25, 0.3) is 0 Å². The van der Waals surface area contributed by atoms with Crippen molar-refractivity contribution in [2.24, 2.45) is 0 Å². The highest BCUT2D eigenvalue weighted by molar-refractivity contribution is 5.88. The summed E-state index contributed by atoms with van der Waals surface area (Å²) in [5.74, 6) is -3.11. The number of nitrogens with one attached hydrogen (secondary N) is 1. The van der Waals surface area contributed by atoms with Crippen LogP contribution in [-0.4, -0.2) is 86.5 Å². The predicted octanol–water partition coefficient (Wildman–Crippen LogP) is 1.26. The molecule has 0 saturated carbocycles. The number of hydrogen-bond donors (Lipinski definition) is 1. The molecule has 0 radical (unpaired) electrons. The van der Waals surface area contributed by atoms with Gasteiger partial charge in [0, 0.05) is 40.3 Å². The molecule has 1 N–H and O–H groups in total. The number of esters is 4. The number of anilines is 1. The summed E-state index contributed by atoms with van der Waals surface area (Å²) >= 11 is 0. The molecule has 1 aliphatic heterocycles. The van der Waals surface area contributed by atoms with E-state index in [9.17, 15) is 28.8 Å². The molecule has 1 aromatic rings. The number of carbonyl (C=O) groups is 6. The van der Waals surface area contributed by atoms with Crippen molar-refractivity contribution in [1.29, 1.82) is 0 Å². The number of benzene rings is 1. The van der Waals surface area contributed by atoms with Crippen molar-refractivity contribution in [2.45, 2.75) is 65.3 Å². The summed E-state index contributed by atoms with van der Waals surface area (Å²) in [5.41, 5.74) is 0.506. The third-order valence-corrected chi connectivity index (χ3v) is 4.91. The fourth-order valence-corrected chi connectivity index (χ4v) is 3.55. The molecule has 40 heavy (non-hydrogen) atoms. The van der Waals surface area contributed by atoms with Gasteiger partial charge in [-0.2, -0.15) is 0 Å². The number of ether oxygens (including phenoxy) is 8. The lowest BCUT2D eigenvalue weighted by Crippen LogP contribution is -2.63. The standard InChI is InChI=1S/C25H31NO14/c1-13(27)26-18-6-8-19(9-7-18)39-25(32)34-11-10-33-24-23(38-17(5)31)22(37-16(4)30)21(36-15(3)29)20(40-24)12-35-14(2)28/h6-9,20-24H,10-12H2,1-5H3,(H,26,27)/t20?,21-,22?,23-,24?/m1/s1. The van der Waals surface area contributed by atoms with Crippen LogP contribution in [0, 0.1) is 0 Å². The van der Waals surface area contributed by atoms with Gasteiger partial charge in [-0.15, -0.1) is 0 Å². The molecule has 3 unspecified atom stereocenters. The van der Waals surface area contributed by atoms with Gasteiger partial charge in [0.2, 0.25) is 5.91 Å². The first kappa shape index (κ1) is 32.0. The second-order valence-corrected chi connectivity index (χ2v) is 8.34. The average molecular weight is 570 g/mol. The van der Waals surface area contributed by atoms with Gasteiger partial charge >= 0.3 is 30.0 Å². The maximum Gasteiger partial charge on any atom is 0.513 e. The highest BCUT2D eigenvalue weighted by Gasteiger charge is 2.52. The highest BCUT2D eigenvalue weighted by atomic mass is 16.8. The Hall–Kier alpha value is -4.24. The minimum atomic E-state index is -1.42. The Morgan fingerprint density at radius 3 is 1.85 bits per heavy atom. The number of rotatable bonds is 11. The monoisotopic (exact) mass is 569 g/mol. The Labute approximate surface area is 229 Å². The minimum absolute atomic E-state index is 0.152. The quantitative estimate of drug-likeness (QED) is 0.173. The summed E-state index contributed by atoms with van der Waals surface area (Å²) in [4.78, 5) is 69.9. The molecule has 2 rings (SSSR count). The summed E-state index contributed by atoms with van der Waals surface area (Å²) in [7, 11) is 0. The fraction of sp³-hybridized carbons (Fsp3) is 0.520. The minimum Gasteiger partial charge on any atom is -0.463 e. The van der Waals surface area contributed by atoms with E-state index in [1.54, 1.807) is 0 Å². The van der Waals surface area contributed by atoms with E-state index in [1.807, 2.05) is 0 Å². The Morgan fingerprint density at radius 2 is 1.30 bits per heavy atom. The summed E-state index contributed by atoms with van der Waals surface area (Å²) in [6, 6.07) is 5.94. The number of hydrogen-bond acceptors (Lipinski definition) is 14. The van der Waals surface area contributed by atoms with Gasteiger partial charge in [0.1, 0.15) is 25.1 Å². The van der Waals surface area contributed by atoms with E-state index >= 15 is 0 Å². The SMILES string of the molecule is CC(=O)Nc1ccc(OC(=O)OCCOC2OC(COC(C)=O)[C@@H](OC(C)=O)C(OC(C)=O)[C@H]2OC(C)=O)cc1. The fourth-order valence-electron chi connectivity index (χ4n) is 3.55. The molecule has 1 fully saturated rings. The van der Waals surface area contributed by atoms with Crippen LogP contribution < -0.4 is 10.1 Å². The van der Waals surface area contributed by atoms with Crippen molar-refractivity contribution < 1.29 is 66.7 Å². The molecule has 0 aromatic heterocycles.